The maximum Gasteiger partial charge on any atom is 0.513 e. The minimum Gasteiger partial charge on any atom is -0.398 e. The van der Waals surface area contributed by atoms with Crippen LogP contribution in [0.2, 0.25) is 0 Å². The normalized spacial score (nSPS) is 15.5. The molecule has 0 radical (unpaired) electrons. The Labute approximate surface area is 169 Å². The molecular weight excluding hydrogens is 364 g/mol. The van der Waals surface area contributed by atoms with E-state index in [1.807, 2.05) is 69.2 Å². The Morgan fingerprint density at radius 1 is 0.679 bits per heavy atom. The van der Waals surface area contributed by atoms with E-state index >= 15 is 0 Å². The van der Waals surface area contributed by atoms with E-state index in [4.69, 9.17) is 29.0 Å². The van der Waals surface area contributed by atoms with Crippen LogP contribution < -0.4 is 0 Å². The third-order valence-corrected chi connectivity index (χ3v) is 5.12. The first-order valence-electron chi connectivity index (χ1n) is 9.28. The zero-order valence-electron chi connectivity index (χ0n) is 19.1. The molecule has 7 nitrogen and oxygen atoms in total. The van der Waals surface area contributed by atoms with Crippen molar-refractivity contribution in [2.24, 2.45) is 10.8 Å². The van der Waals surface area contributed by atoms with Crippen LogP contribution in [0, 0.1) is 10.8 Å². The molecule has 0 rings (SSSR count). The van der Waals surface area contributed by atoms with Crippen molar-refractivity contribution in [3.8, 4) is 0 Å². The molecule has 0 aromatic carbocycles. The first kappa shape index (κ1) is 26.6. The summed E-state index contributed by atoms with van der Waals surface area (Å²) in [7, 11) is 0. The summed E-state index contributed by atoms with van der Waals surface area (Å²) in [5, 5.41) is 0. The number of hydrogen-bond donors (Lipinski definition) is 0. The van der Waals surface area contributed by atoms with Gasteiger partial charge in [0.25, 0.3) is 12.6 Å². The van der Waals surface area contributed by atoms with Gasteiger partial charge in [-0.2, -0.15) is 9.78 Å². The summed E-state index contributed by atoms with van der Waals surface area (Å²) < 4.78 is 10.1. The van der Waals surface area contributed by atoms with Crippen LogP contribution in [-0.4, -0.2) is 29.9 Å². The lowest BCUT2D eigenvalue weighted by Crippen LogP contribution is -2.41. The number of rotatable bonds is 10. The van der Waals surface area contributed by atoms with Gasteiger partial charge in [0, 0.05) is 0 Å². The van der Waals surface area contributed by atoms with Crippen LogP contribution in [-0.2, 0) is 29.0 Å². The molecule has 0 bridgehead atoms. The second kappa shape index (κ2) is 9.87. The fourth-order valence-electron chi connectivity index (χ4n) is 1.02. The summed E-state index contributed by atoms with van der Waals surface area (Å²) in [6, 6.07) is 0. The monoisotopic (exact) mass is 402 g/mol. The molecule has 0 fully saturated rings. The summed E-state index contributed by atoms with van der Waals surface area (Å²) >= 11 is 0. The zero-order valence-corrected chi connectivity index (χ0v) is 19.1. The van der Waals surface area contributed by atoms with Gasteiger partial charge in [-0.25, -0.2) is 14.6 Å². The number of hydrogen-bond acceptors (Lipinski definition) is 7. The molecule has 0 aliphatic heterocycles. The van der Waals surface area contributed by atoms with Gasteiger partial charge in [-0.15, -0.1) is 0 Å². The van der Waals surface area contributed by atoms with E-state index in [-0.39, 0.29) is 10.8 Å². The lowest BCUT2D eigenvalue weighted by Gasteiger charge is -2.37. The van der Waals surface area contributed by atoms with E-state index in [1.165, 1.54) is 12.2 Å². The van der Waals surface area contributed by atoms with Crippen molar-refractivity contribution in [1.82, 2.24) is 0 Å². The van der Waals surface area contributed by atoms with Gasteiger partial charge in [0.2, 0.25) is 0 Å². The summed E-state index contributed by atoms with van der Waals surface area (Å²) in [4.78, 5) is 33.2. The Kier molecular flexibility index (Phi) is 9.38. The molecule has 0 amide bonds. The SMILES string of the molecule is C=CC(OOC(C)(C)C(C)(C)C)OC(=O)OC(C=C)OOC(C)(C)C(C)(C)C. The summed E-state index contributed by atoms with van der Waals surface area (Å²) in [6.45, 7) is 26.6. The molecular formula is C21H38O7. The fourth-order valence-corrected chi connectivity index (χ4v) is 1.02. The van der Waals surface area contributed by atoms with Gasteiger partial charge in [-0.3, -0.25) is 0 Å². The van der Waals surface area contributed by atoms with Gasteiger partial charge in [0.05, 0.1) is 0 Å². The van der Waals surface area contributed by atoms with Crippen LogP contribution in [0.3, 0.4) is 0 Å². The Hall–Kier alpha value is -1.41. The lowest BCUT2D eigenvalue weighted by atomic mass is 9.79. The number of carbonyl (C=O) groups excluding carboxylic acids is 1. The Balaban J connectivity index is 4.69. The van der Waals surface area contributed by atoms with E-state index in [9.17, 15) is 4.79 Å². The standard InChI is InChI=1S/C21H38O7/c1-13-15(25-27-20(9,10)18(3,4)5)23-17(22)24-16(14-2)26-28-21(11,12)19(6,7)8/h13-16H,1-2H2,3-12H3. The maximum absolute atomic E-state index is 12.0. The molecule has 28 heavy (non-hydrogen) atoms. The molecule has 0 aliphatic rings. The second-order valence-electron chi connectivity index (χ2n) is 9.57. The molecule has 0 heterocycles. The molecule has 164 valence electrons. The molecule has 7 heteroatoms. The van der Waals surface area contributed by atoms with Crippen molar-refractivity contribution in [3.05, 3.63) is 25.3 Å². The highest BCUT2D eigenvalue weighted by Gasteiger charge is 2.37. The van der Waals surface area contributed by atoms with Crippen LogP contribution in [0.4, 0.5) is 4.79 Å². The summed E-state index contributed by atoms with van der Waals surface area (Å²) in [6.07, 6.45) is -0.839. The third kappa shape index (κ3) is 8.31. The average Bonchev–Trinajstić information content (AvgIpc) is 2.53. The quantitative estimate of drug-likeness (QED) is 0.152. The highest BCUT2D eigenvalue weighted by atomic mass is 17.2. The van der Waals surface area contributed by atoms with E-state index in [1.54, 1.807) is 0 Å². The van der Waals surface area contributed by atoms with Crippen molar-refractivity contribution >= 4 is 6.16 Å². The molecule has 0 spiro atoms. The van der Waals surface area contributed by atoms with Crippen LogP contribution in [0.25, 0.3) is 0 Å². The highest BCUT2D eigenvalue weighted by molar-refractivity contribution is 5.60. The minimum absolute atomic E-state index is 0.210. The van der Waals surface area contributed by atoms with E-state index < -0.39 is 29.9 Å². The lowest BCUT2D eigenvalue weighted by molar-refractivity contribution is -0.425. The Morgan fingerprint density at radius 3 is 1.18 bits per heavy atom. The van der Waals surface area contributed by atoms with Crippen molar-refractivity contribution in [1.29, 1.82) is 0 Å². The first-order valence-corrected chi connectivity index (χ1v) is 9.28. The molecule has 0 aliphatic carbocycles. The van der Waals surface area contributed by atoms with Gasteiger partial charge in [0.15, 0.2) is 0 Å². The minimum atomic E-state index is -1.16. The predicted molar refractivity (Wildman–Crippen MR) is 107 cm³/mol. The third-order valence-electron chi connectivity index (χ3n) is 5.12. The molecule has 0 aromatic rings. The molecule has 2 atom stereocenters. The van der Waals surface area contributed by atoms with Crippen LogP contribution in [0.15, 0.2) is 25.3 Å². The summed E-state index contributed by atoms with van der Waals surface area (Å²) in [5.41, 5.74) is -1.70. The number of ether oxygens (including phenoxy) is 2. The van der Waals surface area contributed by atoms with Crippen LogP contribution in [0.5, 0.6) is 0 Å². The van der Waals surface area contributed by atoms with Crippen molar-refractivity contribution < 1.29 is 33.8 Å². The smallest absolute Gasteiger partial charge is 0.398 e. The van der Waals surface area contributed by atoms with E-state index in [0.29, 0.717) is 0 Å². The van der Waals surface area contributed by atoms with Gasteiger partial charge in [0.1, 0.15) is 11.2 Å². The Bertz CT molecular complexity index is 478. The van der Waals surface area contributed by atoms with Gasteiger partial charge in [-0.05, 0) is 50.7 Å². The predicted octanol–water partition coefficient (Wildman–Crippen LogP) is 5.71. The van der Waals surface area contributed by atoms with E-state index in [2.05, 4.69) is 13.2 Å². The van der Waals surface area contributed by atoms with Gasteiger partial charge < -0.3 is 9.47 Å². The fraction of sp³-hybridized carbons (Fsp3) is 0.762. The number of carbonyl (C=O) groups is 1. The van der Waals surface area contributed by atoms with Crippen molar-refractivity contribution in [2.45, 2.75) is 93.0 Å². The molecule has 2 unspecified atom stereocenters. The van der Waals surface area contributed by atoms with Gasteiger partial charge in [-0.1, -0.05) is 54.7 Å². The highest BCUT2D eigenvalue weighted by Crippen LogP contribution is 2.34. The molecule has 0 saturated carbocycles. The van der Waals surface area contributed by atoms with Crippen LogP contribution in [0.1, 0.15) is 69.2 Å². The molecule has 0 N–H and O–H groups in total. The largest absolute Gasteiger partial charge is 0.513 e. The first-order chi connectivity index (χ1) is 12.5. The second-order valence-corrected chi connectivity index (χ2v) is 9.57. The Morgan fingerprint density at radius 2 is 0.964 bits per heavy atom. The van der Waals surface area contributed by atoms with Crippen molar-refractivity contribution in [2.75, 3.05) is 0 Å². The molecule has 0 saturated heterocycles. The van der Waals surface area contributed by atoms with Crippen LogP contribution >= 0.6 is 0 Å². The topological polar surface area (TPSA) is 72.5 Å². The maximum atomic E-state index is 12.0. The van der Waals surface area contributed by atoms with Crippen molar-refractivity contribution in [3.63, 3.8) is 0 Å². The summed E-state index contributed by atoms with van der Waals surface area (Å²) in [5.74, 6) is 0. The average molecular weight is 403 g/mol. The molecule has 0 aromatic heterocycles. The van der Waals surface area contributed by atoms with E-state index in [0.717, 1.165) is 0 Å². The zero-order chi connectivity index (χ0) is 22.4. The van der Waals surface area contributed by atoms with Gasteiger partial charge >= 0.3 is 6.16 Å².